The van der Waals surface area contributed by atoms with Crippen LogP contribution in [-0.2, 0) is 12.6 Å². The molecule has 0 spiro atoms. The largest absolute Gasteiger partial charge is 0.417 e. The molecular weight excluding hydrogens is 321 g/mol. The number of rotatable bonds is 3. The fourth-order valence-corrected chi connectivity index (χ4v) is 2.26. The van der Waals surface area contributed by atoms with Gasteiger partial charge < -0.3 is 5.32 Å². The van der Waals surface area contributed by atoms with Gasteiger partial charge in [0.1, 0.15) is 6.33 Å². The van der Waals surface area contributed by atoms with Crippen molar-refractivity contribution in [3.8, 4) is 0 Å². The maximum atomic E-state index is 12.8. The maximum absolute atomic E-state index is 12.8. The zero-order valence-electron chi connectivity index (χ0n) is 12.4. The van der Waals surface area contributed by atoms with Crippen molar-refractivity contribution >= 4 is 17.2 Å². The number of carbonyl (C=O) groups excluding carboxylic acids is 1. The average Bonchev–Trinajstić information content (AvgIpc) is 2.98. The molecule has 0 aliphatic heterocycles. The number of halogens is 3. The van der Waals surface area contributed by atoms with Crippen molar-refractivity contribution in [1.82, 2.24) is 19.9 Å². The van der Waals surface area contributed by atoms with Gasteiger partial charge in [0.25, 0.3) is 0 Å². The summed E-state index contributed by atoms with van der Waals surface area (Å²) in [5, 5.41) is 2.66. The number of nitrogens with zero attached hydrogens (tertiary/aromatic N) is 3. The first-order chi connectivity index (χ1) is 11.4. The minimum Gasteiger partial charge on any atom is -0.337 e. The average molecular weight is 334 g/mol. The van der Waals surface area contributed by atoms with Crippen LogP contribution in [0.15, 0.2) is 48.9 Å². The Bertz CT molecular complexity index is 859. The quantitative estimate of drug-likeness (QED) is 0.800. The molecule has 0 unspecified atom stereocenters. The van der Waals surface area contributed by atoms with Gasteiger partial charge in [-0.25, -0.2) is 19.3 Å². The molecule has 2 aromatic heterocycles. The van der Waals surface area contributed by atoms with Crippen molar-refractivity contribution in [2.24, 2.45) is 0 Å². The van der Waals surface area contributed by atoms with E-state index in [9.17, 15) is 18.0 Å². The van der Waals surface area contributed by atoms with E-state index in [1.807, 2.05) is 30.3 Å². The van der Waals surface area contributed by atoms with E-state index >= 15 is 0 Å². The molecule has 1 amide bonds. The van der Waals surface area contributed by atoms with Crippen LogP contribution in [0.5, 0.6) is 0 Å². The molecule has 0 saturated carbocycles. The lowest BCUT2D eigenvalue weighted by Crippen LogP contribution is -2.29. The van der Waals surface area contributed by atoms with Gasteiger partial charge in [-0.05, 0) is 18.1 Å². The summed E-state index contributed by atoms with van der Waals surface area (Å²) in [4.78, 5) is 19.7. The van der Waals surface area contributed by atoms with Gasteiger partial charge in [-0.3, -0.25) is 0 Å². The van der Waals surface area contributed by atoms with Gasteiger partial charge >= 0.3 is 12.2 Å². The van der Waals surface area contributed by atoms with Crippen LogP contribution in [0.1, 0.15) is 11.1 Å². The Balaban J connectivity index is 1.75. The molecule has 0 atom stereocenters. The minimum atomic E-state index is -4.53. The fraction of sp³-hybridized carbons (Fsp3) is 0.188. The number of nitrogens with one attached hydrogen (secondary N) is 1. The van der Waals surface area contributed by atoms with Gasteiger partial charge in [-0.15, -0.1) is 0 Å². The summed E-state index contributed by atoms with van der Waals surface area (Å²) in [5.74, 6) is 0. The van der Waals surface area contributed by atoms with Crippen LogP contribution >= 0.6 is 0 Å². The Morgan fingerprint density at radius 2 is 1.92 bits per heavy atom. The van der Waals surface area contributed by atoms with Crippen LogP contribution in [0.2, 0.25) is 0 Å². The molecule has 1 aromatic carbocycles. The SMILES string of the molecule is O=C(NCCc1ccccc1)n1cnc2ncc(C(F)(F)F)cc21. The zero-order valence-corrected chi connectivity index (χ0v) is 12.4. The van der Waals surface area contributed by atoms with Gasteiger partial charge in [0, 0.05) is 12.7 Å². The number of fused-ring (bicyclic) bond motifs is 1. The molecular formula is C16H13F3N4O. The standard InChI is InChI=1S/C16H13F3N4O/c17-16(18,19)12-8-13-14(21-9-12)22-10-23(13)15(24)20-7-6-11-4-2-1-3-5-11/h1-5,8-10H,6-7H2,(H,20,24). The Morgan fingerprint density at radius 3 is 2.62 bits per heavy atom. The Hall–Kier alpha value is -2.90. The van der Waals surface area contributed by atoms with E-state index in [4.69, 9.17) is 0 Å². The van der Waals surface area contributed by atoms with Gasteiger partial charge in [-0.1, -0.05) is 30.3 Å². The number of aromatic nitrogens is 3. The molecule has 24 heavy (non-hydrogen) atoms. The highest BCUT2D eigenvalue weighted by atomic mass is 19.4. The summed E-state index contributed by atoms with van der Waals surface area (Å²) in [6.07, 6.45) is -2.05. The predicted octanol–water partition coefficient (Wildman–Crippen LogP) is 3.25. The molecule has 5 nitrogen and oxygen atoms in total. The number of carbonyl (C=O) groups is 1. The highest BCUT2D eigenvalue weighted by Crippen LogP contribution is 2.30. The van der Waals surface area contributed by atoms with Gasteiger partial charge in [-0.2, -0.15) is 13.2 Å². The third-order valence-electron chi connectivity index (χ3n) is 3.48. The van der Waals surface area contributed by atoms with E-state index in [2.05, 4.69) is 15.3 Å². The molecule has 3 aromatic rings. The Morgan fingerprint density at radius 1 is 1.17 bits per heavy atom. The van der Waals surface area contributed by atoms with E-state index < -0.39 is 17.8 Å². The number of amides is 1. The molecule has 0 aliphatic rings. The lowest BCUT2D eigenvalue weighted by molar-refractivity contribution is -0.137. The topological polar surface area (TPSA) is 59.8 Å². The van der Waals surface area contributed by atoms with Gasteiger partial charge in [0.15, 0.2) is 5.65 Å². The Kier molecular flexibility index (Phi) is 4.20. The highest BCUT2D eigenvalue weighted by Gasteiger charge is 2.31. The molecule has 0 aliphatic carbocycles. The molecule has 0 radical (unpaired) electrons. The van der Waals surface area contributed by atoms with Crippen molar-refractivity contribution in [2.75, 3.05) is 6.54 Å². The van der Waals surface area contributed by atoms with E-state index in [0.717, 1.165) is 22.5 Å². The molecule has 0 fully saturated rings. The van der Waals surface area contributed by atoms with Gasteiger partial charge in [0.2, 0.25) is 0 Å². The van der Waals surface area contributed by atoms with E-state index in [1.54, 1.807) is 0 Å². The van der Waals surface area contributed by atoms with Crippen LogP contribution in [0.25, 0.3) is 11.2 Å². The van der Waals surface area contributed by atoms with Crippen molar-refractivity contribution in [2.45, 2.75) is 12.6 Å². The fourth-order valence-electron chi connectivity index (χ4n) is 2.26. The van der Waals surface area contributed by atoms with E-state index in [-0.39, 0.29) is 11.2 Å². The summed E-state index contributed by atoms with van der Waals surface area (Å²) in [6.45, 7) is 0.356. The summed E-state index contributed by atoms with van der Waals surface area (Å²) in [7, 11) is 0. The minimum absolute atomic E-state index is 0.0158. The lowest BCUT2D eigenvalue weighted by atomic mass is 10.1. The van der Waals surface area contributed by atoms with Crippen molar-refractivity contribution in [1.29, 1.82) is 0 Å². The van der Waals surface area contributed by atoms with Crippen molar-refractivity contribution < 1.29 is 18.0 Å². The normalized spacial score (nSPS) is 11.6. The molecule has 1 N–H and O–H groups in total. The number of pyridine rings is 1. The summed E-state index contributed by atoms with van der Waals surface area (Å²) >= 11 is 0. The summed E-state index contributed by atoms with van der Waals surface area (Å²) < 4.78 is 39.4. The predicted molar refractivity (Wildman–Crippen MR) is 81.5 cm³/mol. The number of imidazole rings is 1. The zero-order chi connectivity index (χ0) is 17.2. The van der Waals surface area contributed by atoms with Crippen LogP contribution in [0.3, 0.4) is 0 Å². The second kappa shape index (κ2) is 6.31. The number of hydrogen-bond donors (Lipinski definition) is 1. The smallest absolute Gasteiger partial charge is 0.337 e. The molecule has 124 valence electrons. The van der Waals surface area contributed by atoms with Gasteiger partial charge in [0.05, 0.1) is 11.1 Å². The molecule has 8 heteroatoms. The Labute approximate surface area is 135 Å². The van der Waals surface area contributed by atoms with Crippen LogP contribution < -0.4 is 5.32 Å². The lowest BCUT2D eigenvalue weighted by Gasteiger charge is -2.08. The first kappa shape index (κ1) is 16.0. The van der Waals surface area contributed by atoms with Crippen LogP contribution in [-0.4, -0.2) is 27.1 Å². The third kappa shape index (κ3) is 3.37. The first-order valence-electron chi connectivity index (χ1n) is 7.17. The summed E-state index contributed by atoms with van der Waals surface area (Å²) in [6, 6.07) is 9.86. The molecule has 0 saturated heterocycles. The second-order valence-corrected chi connectivity index (χ2v) is 5.15. The number of hydrogen-bond acceptors (Lipinski definition) is 3. The third-order valence-corrected chi connectivity index (χ3v) is 3.48. The maximum Gasteiger partial charge on any atom is 0.417 e. The van der Waals surface area contributed by atoms with E-state index in [0.29, 0.717) is 19.2 Å². The second-order valence-electron chi connectivity index (χ2n) is 5.15. The number of benzene rings is 1. The summed E-state index contributed by atoms with van der Waals surface area (Å²) in [5.41, 5.74) is 0.228. The van der Waals surface area contributed by atoms with E-state index in [1.165, 1.54) is 0 Å². The molecule has 2 heterocycles. The monoisotopic (exact) mass is 334 g/mol. The van der Waals surface area contributed by atoms with Crippen LogP contribution in [0, 0.1) is 0 Å². The number of alkyl halides is 3. The van der Waals surface area contributed by atoms with Crippen LogP contribution in [0.4, 0.5) is 18.0 Å². The molecule has 0 bridgehead atoms. The molecule has 3 rings (SSSR count). The first-order valence-corrected chi connectivity index (χ1v) is 7.17. The van der Waals surface area contributed by atoms with Crippen molar-refractivity contribution in [3.05, 3.63) is 60.0 Å². The van der Waals surface area contributed by atoms with Crippen molar-refractivity contribution in [3.63, 3.8) is 0 Å². The highest BCUT2D eigenvalue weighted by molar-refractivity contribution is 5.87.